The number of anilines is 1. The van der Waals surface area contributed by atoms with Gasteiger partial charge in [0.15, 0.2) is 23.7 Å². The third kappa shape index (κ3) is 3.14. The van der Waals surface area contributed by atoms with Crippen LogP contribution in [0.25, 0.3) is 11.4 Å². The van der Waals surface area contributed by atoms with Crippen LogP contribution in [-0.4, -0.2) is 39.0 Å². The zero-order valence-electron chi connectivity index (χ0n) is 16.1. The van der Waals surface area contributed by atoms with Gasteiger partial charge >= 0.3 is 0 Å². The van der Waals surface area contributed by atoms with Crippen molar-refractivity contribution in [1.29, 1.82) is 0 Å². The highest BCUT2D eigenvalue weighted by Gasteiger charge is 2.55. The van der Waals surface area contributed by atoms with Gasteiger partial charge in [-0.2, -0.15) is 10.1 Å². The summed E-state index contributed by atoms with van der Waals surface area (Å²) in [4.78, 5) is 30.7. The first kappa shape index (κ1) is 19.0. The Labute approximate surface area is 173 Å². The van der Waals surface area contributed by atoms with Crippen molar-refractivity contribution in [3.63, 3.8) is 0 Å². The Balaban J connectivity index is 1.37. The van der Waals surface area contributed by atoms with Crippen molar-refractivity contribution in [3.8, 4) is 11.4 Å². The summed E-state index contributed by atoms with van der Waals surface area (Å²) in [6, 6.07) is 8.24. The van der Waals surface area contributed by atoms with E-state index in [1.807, 2.05) is 31.2 Å². The Kier molecular flexibility index (Phi) is 4.31. The number of aryl methyl sites for hydroxylation is 1. The molecule has 2 atom stereocenters. The van der Waals surface area contributed by atoms with Crippen LogP contribution < -0.4 is 4.90 Å². The standard InChI is InChI=1S/C20H14F2N6O3/c1-10-3-2-4-11(7-10)18-23-15(31-25-18)9-27-17-16(24-26-27)19(29)28(20(17)30)12-5-6-13(21)14(22)8-12/h2-8,16-17H,9H2,1H3/t16-,17+/m1/s1. The molecule has 1 saturated heterocycles. The highest BCUT2D eigenvalue weighted by molar-refractivity contribution is 6.25. The molecule has 11 heteroatoms. The number of nitrogens with zero attached hydrogens (tertiary/aromatic N) is 6. The van der Waals surface area contributed by atoms with Gasteiger partial charge < -0.3 is 4.52 Å². The number of amides is 2. The molecule has 0 spiro atoms. The minimum absolute atomic E-state index is 0.0475. The molecule has 0 bridgehead atoms. The second-order valence-electron chi connectivity index (χ2n) is 7.18. The number of imide groups is 1. The van der Waals surface area contributed by atoms with Gasteiger partial charge in [0, 0.05) is 11.6 Å². The number of carbonyl (C=O) groups is 2. The largest absolute Gasteiger partial charge is 0.337 e. The highest BCUT2D eigenvalue weighted by atomic mass is 19.2. The Morgan fingerprint density at radius 2 is 1.90 bits per heavy atom. The molecule has 2 aromatic carbocycles. The monoisotopic (exact) mass is 424 g/mol. The van der Waals surface area contributed by atoms with E-state index >= 15 is 0 Å². The molecule has 0 aliphatic carbocycles. The molecular formula is C20H14F2N6O3. The second kappa shape index (κ2) is 7.04. The SMILES string of the molecule is Cc1cccc(-c2noc(CN3N=N[C@H]4C(=O)N(c5ccc(F)c(F)c5)C(=O)[C@H]43)n2)c1. The van der Waals surface area contributed by atoms with Crippen LogP contribution in [0.3, 0.4) is 0 Å². The fraction of sp³-hybridized carbons (Fsp3) is 0.200. The maximum atomic E-state index is 13.6. The van der Waals surface area contributed by atoms with Crippen molar-refractivity contribution in [2.24, 2.45) is 10.3 Å². The van der Waals surface area contributed by atoms with E-state index in [9.17, 15) is 18.4 Å². The number of halogens is 2. The van der Waals surface area contributed by atoms with Gasteiger partial charge in [0.2, 0.25) is 11.7 Å². The lowest BCUT2D eigenvalue weighted by Crippen LogP contribution is -2.39. The zero-order valence-corrected chi connectivity index (χ0v) is 16.1. The van der Waals surface area contributed by atoms with Gasteiger partial charge in [0.05, 0.1) is 5.69 Å². The van der Waals surface area contributed by atoms with Crippen LogP contribution in [0.15, 0.2) is 57.3 Å². The molecule has 0 N–H and O–H groups in total. The summed E-state index contributed by atoms with van der Waals surface area (Å²) in [6.45, 7) is 1.89. The fourth-order valence-corrected chi connectivity index (χ4v) is 3.59. The van der Waals surface area contributed by atoms with Crippen molar-refractivity contribution in [1.82, 2.24) is 15.1 Å². The van der Waals surface area contributed by atoms with Crippen molar-refractivity contribution < 1.29 is 22.9 Å². The van der Waals surface area contributed by atoms with Crippen LogP contribution in [0.2, 0.25) is 0 Å². The number of carbonyl (C=O) groups excluding carboxylic acids is 2. The number of fused-ring (bicyclic) bond motifs is 1. The summed E-state index contributed by atoms with van der Waals surface area (Å²) in [5.74, 6) is -3.00. The van der Waals surface area contributed by atoms with Crippen molar-refractivity contribution >= 4 is 17.5 Å². The van der Waals surface area contributed by atoms with E-state index in [-0.39, 0.29) is 18.1 Å². The minimum Gasteiger partial charge on any atom is -0.337 e. The van der Waals surface area contributed by atoms with Crippen LogP contribution in [0, 0.1) is 18.6 Å². The smallest absolute Gasteiger partial charge is 0.263 e. The van der Waals surface area contributed by atoms with Crippen LogP contribution in [-0.2, 0) is 16.1 Å². The van der Waals surface area contributed by atoms with Gasteiger partial charge in [-0.05, 0) is 25.1 Å². The average molecular weight is 424 g/mol. The number of hydrogen-bond acceptors (Lipinski definition) is 8. The molecule has 0 radical (unpaired) electrons. The third-order valence-electron chi connectivity index (χ3n) is 5.06. The third-order valence-corrected chi connectivity index (χ3v) is 5.06. The maximum Gasteiger partial charge on any atom is 0.263 e. The van der Waals surface area contributed by atoms with Gasteiger partial charge in [-0.1, -0.05) is 34.1 Å². The lowest BCUT2D eigenvalue weighted by molar-refractivity contribution is -0.123. The Hall–Kier alpha value is -4.02. The van der Waals surface area contributed by atoms with Gasteiger partial charge in [0.1, 0.15) is 6.54 Å². The van der Waals surface area contributed by atoms with Crippen molar-refractivity contribution in [2.75, 3.05) is 4.90 Å². The normalized spacial score (nSPS) is 20.1. The van der Waals surface area contributed by atoms with Crippen LogP contribution in [0.1, 0.15) is 11.5 Å². The zero-order chi connectivity index (χ0) is 21.7. The molecule has 156 valence electrons. The molecule has 1 aromatic heterocycles. The van der Waals surface area contributed by atoms with E-state index in [0.29, 0.717) is 5.82 Å². The first-order valence-electron chi connectivity index (χ1n) is 9.32. The second-order valence-corrected chi connectivity index (χ2v) is 7.18. The molecule has 2 aliphatic heterocycles. The highest BCUT2D eigenvalue weighted by Crippen LogP contribution is 2.33. The Bertz CT molecular complexity index is 1240. The number of rotatable bonds is 4. The van der Waals surface area contributed by atoms with Gasteiger partial charge in [-0.25, -0.2) is 13.7 Å². The summed E-state index contributed by atoms with van der Waals surface area (Å²) in [5.41, 5.74) is 1.73. The van der Waals surface area contributed by atoms with Crippen LogP contribution in [0.4, 0.5) is 14.5 Å². The molecule has 3 heterocycles. The van der Waals surface area contributed by atoms with Crippen LogP contribution >= 0.6 is 0 Å². The fourth-order valence-electron chi connectivity index (χ4n) is 3.59. The average Bonchev–Trinajstić information content (AvgIpc) is 3.43. The Morgan fingerprint density at radius 3 is 2.68 bits per heavy atom. The van der Waals surface area contributed by atoms with Crippen molar-refractivity contribution in [2.45, 2.75) is 25.6 Å². The molecule has 0 unspecified atom stereocenters. The maximum absolute atomic E-state index is 13.6. The molecule has 0 saturated carbocycles. The quantitative estimate of drug-likeness (QED) is 0.597. The lowest BCUT2D eigenvalue weighted by atomic mass is 10.1. The molecule has 5 rings (SSSR count). The topological polar surface area (TPSA) is 104 Å². The summed E-state index contributed by atoms with van der Waals surface area (Å²) >= 11 is 0. The predicted molar refractivity (Wildman–Crippen MR) is 101 cm³/mol. The van der Waals surface area contributed by atoms with E-state index in [4.69, 9.17) is 4.52 Å². The molecular weight excluding hydrogens is 410 g/mol. The lowest BCUT2D eigenvalue weighted by Gasteiger charge is -2.19. The van der Waals surface area contributed by atoms with E-state index < -0.39 is 35.5 Å². The van der Waals surface area contributed by atoms with Crippen LogP contribution in [0.5, 0.6) is 0 Å². The number of hydrogen-bond donors (Lipinski definition) is 0. The van der Waals surface area contributed by atoms with Gasteiger partial charge in [-0.3, -0.25) is 14.6 Å². The van der Waals surface area contributed by atoms with Crippen molar-refractivity contribution in [3.05, 3.63) is 65.6 Å². The molecule has 31 heavy (non-hydrogen) atoms. The Morgan fingerprint density at radius 1 is 1.06 bits per heavy atom. The summed E-state index contributed by atoms with van der Waals surface area (Å²) in [5, 5.41) is 13.0. The summed E-state index contributed by atoms with van der Waals surface area (Å²) < 4.78 is 32.1. The number of benzene rings is 2. The molecule has 9 nitrogen and oxygen atoms in total. The summed E-state index contributed by atoms with van der Waals surface area (Å²) in [7, 11) is 0. The molecule has 1 fully saturated rings. The molecule has 2 aliphatic rings. The van der Waals surface area contributed by atoms with E-state index in [1.165, 1.54) is 5.01 Å². The van der Waals surface area contributed by atoms with Gasteiger partial charge in [0.25, 0.3) is 11.8 Å². The molecule has 2 amide bonds. The minimum atomic E-state index is -1.16. The number of aromatic nitrogens is 2. The first-order valence-corrected chi connectivity index (χ1v) is 9.32. The van der Waals surface area contributed by atoms with E-state index in [0.717, 1.165) is 34.2 Å². The molecule has 3 aromatic rings. The van der Waals surface area contributed by atoms with E-state index in [2.05, 4.69) is 20.5 Å². The summed E-state index contributed by atoms with van der Waals surface area (Å²) in [6.07, 6.45) is 0. The van der Waals surface area contributed by atoms with Gasteiger partial charge in [-0.15, -0.1) is 0 Å². The predicted octanol–water partition coefficient (Wildman–Crippen LogP) is 2.82. The van der Waals surface area contributed by atoms with E-state index in [1.54, 1.807) is 0 Å². The first-order chi connectivity index (χ1) is 14.9.